The Kier molecular flexibility index (Phi) is 4.23. The van der Waals surface area contributed by atoms with Gasteiger partial charge in [-0.25, -0.2) is 0 Å². The highest BCUT2D eigenvalue weighted by Crippen LogP contribution is 2.37. The standard InChI is InChI=1S/C14H19BrO2/c1-17-14(8-4-5-9-14)13(16)10-11-6-2-3-7-12(11)15/h2-3,6-7,13,16H,4-5,8-10H2,1H3. The van der Waals surface area contributed by atoms with Crippen molar-refractivity contribution in [2.45, 2.75) is 43.8 Å². The summed E-state index contributed by atoms with van der Waals surface area (Å²) in [6.07, 6.45) is 4.47. The Morgan fingerprint density at radius 1 is 1.35 bits per heavy atom. The van der Waals surface area contributed by atoms with E-state index >= 15 is 0 Å². The Labute approximate surface area is 111 Å². The molecule has 1 aromatic rings. The molecule has 0 radical (unpaired) electrons. The largest absolute Gasteiger partial charge is 0.390 e. The summed E-state index contributed by atoms with van der Waals surface area (Å²) in [6.45, 7) is 0. The van der Waals surface area contributed by atoms with E-state index in [-0.39, 0.29) is 5.60 Å². The molecule has 2 rings (SSSR count). The van der Waals surface area contributed by atoms with E-state index in [9.17, 15) is 5.11 Å². The van der Waals surface area contributed by atoms with E-state index in [1.54, 1.807) is 7.11 Å². The van der Waals surface area contributed by atoms with Crippen LogP contribution in [-0.4, -0.2) is 23.9 Å². The van der Waals surface area contributed by atoms with Gasteiger partial charge in [0.25, 0.3) is 0 Å². The zero-order chi connectivity index (χ0) is 12.3. The van der Waals surface area contributed by atoms with Crippen molar-refractivity contribution in [3.63, 3.8) is 0 Å². The summed E-state index contributed by atoms with van der Waals surface area (Å²) in [5.74, 6) is 0. The summed E-state index contributed by atoms with van der Waals surface area (Å²) >= 11 is 3.52. The van der Waals surface area contributed by atoms with Crippen LogP contribution in [0.3, 0.4) is 0 Å². The molecule has 0 amide bonds. The smallest absolute Gasteiger partial charge is 0.0939 e. The predicted octanol–water partition coefficient (Wildman–Crippen LogP) is 3.31. The van der Waals surface area contributed by atoms with Gasteiger partial charge in [-0.3, -0.25) is 0 Å². The molecule has 1 saturated carbocycles. The molecule has 1 unspecified atom stereocenters. The summed E-state index contributed by atoms with van der Waals surface area (Å²) in [4.78, 5) is 0. The second-order valence-corrected chi connectivity index (χ2v) is 5.64. The summed E-state index contributed by atoms with van der Waals surface area (Å²) in [6, 6.07) is 8.05. The number of ether oxygens (including phenoxy) is 1. The minimum Gasteiger partial charge on any atom is -0.390 e. The van der Waals surface area contributed by atoms with Crippen molar-refractivity contribution in [3.05, 3.63) is 34.3 Å². The third kappa shape index (κ3) is 2.72. The van der Waals surface area contributed by atoms with Gasteiger partial charge in [0.2, 0.25) is 0 Å². The van der Waals surface area contributed by atoms with Crippen molar-refractivity contribution >= 4 is 15.9 Å². The lowest BCUT2D eigenvalue weighted by atomic mass is 9.90. The highest BCUT2D eigenvalue weighted by atomic mass is 79.9. The maximum atomic E-state index is 10.4. The highest BCUT2D eigenvalue weighted by molar-refractivity contribution is 9.10. The van der Waals surface area contributed by atoms with Crippen molar-refractivity contribution < 1.29 is 9.84 Å². The van der Waals surface area contributed by atoms with Gasteiger partial charge in [0.15, 0.2) is 0 Å². The molecule has 0 aliphatic heterocycles. The number of aliphatic hydroxyl groups excluding tert-OH is 1. The summed E-state index contributed by atoms with van der Waals surface area (Å²) in [5.41, 5.74) is 0.818. The van der Waals surface area contributed by atoms with E-state index in [2.05, 4.69) is 15.9 Å². The second kappa shape index (κ2) is 5.51. The number of rotatable bonds is 4. The lowest BCUT2D eigenvalue weighted by Gasteiger charge is -2.33. The fourth-order valence-corrected chi connectivity index (χ4v) is 3.15. The molecule has 1 aliphatic carbocycles. The number of benzene rings is 1. The molecule has 0 bridgehead atoms. The van der Waals surface area contributed by atoms with Crippen molar-refractivity contribution in [1.29, 1.82) is 0 Å². The number of methoxy groups -OCH3 is 1. The fourth-order valence-electron chi connectivity index (χ4n) is 2.71. The third-order valence-electron chi connectivity index (χ3n) is 3.83. The first-order chi connectivity index (χ1) is 8.18. The number of aliphatic hydroxyl groups is 1. The molecule has 1 aromatic carbocycles. The first-order valence-electron chi connectivity index (χ1n) is 6.14. The topological polar surface area (TPSA) is 29.5 Å². The second-order valence-electron chi connectivity index (χ2n) is 4.79. The highest BCUT2D eigenvalue weighted by Gasteiger charge is 2.40. The molecule has 0 saturated heterocycles. The van der Waals surface area contributed by atoms with Crippen molar-refractivity contribution in [2.75, 3.05) is 7.11 Å². The molecule has 3 heteroatoms. The molecule has 17 heavy (non-hydrogen) atoms. The van der Waals surface area contributed by atoms with Crippen molar-refractivity contribution in [3.8, 4) is 0 Å². The first kappa shape index (κ1) is 13.1. The molecule has 1 aliphatic rings. The Balaban J connectivity index is 2.10. The van der Waals surface area contributed by atoms with Crippen LogP contribution in [0.2, 0.25) is 0 Å². The molecule has 94 valence electrons. The molecule has 0 heterocycles. The Morgan fingerprint density at radius 3 is 2.59 bits per heavy atom. The Hall–Kier alpha value is -0.380. The predicted molar refractivity (Wildman–Crippen MR) is 72.1 cm³/mol. The number of halogens is 1. The van der Waals surface area contributed by atoms with Crippen molar-refractivity contribution in [2.24, 2.45) is 0 Å². The lowest BCUT2D eigenvalue weighted by molar-refractivity contribution is -0.0971. The maximum Gasteiger partial charge on any atom is 0.0939 e. The van der Waals surface area contributed by atoms with Crippen LogP contribution in [0.4, 0.5) is 0 Å². The molecule has 2 nitrogen and oxygen atoms in total. The monoisotopic (exact) mass is 298 g/mol. The number of hydrogen-bond donors (Lipinski definition) is 1. The first-order valence-corrected chi connectivity index (χ1v) is 6.94. The van der Waals surface area contributed by atoms with Crippen LogP contribution in [0.25, 0.3) is 0 Å². The van der Waals surface area contributed by atoms with E-state index < -0.39 is 6.10 Å². The van der Waals surface area contributed by atoms with E-state index in [4.69, 9.17) is 4.74 Å². The summed E-state index contributed by atoms with van der Waals surface area (Å²) < 4.78 is 6.67. The van der Waals surface area contributed by atoms with Crippen molar-refractivity contribution in [1.82, 2.24) is 0 Å². The molecular weight excluding hydrogens is 280 g/mol. The molecule has 0 spiro atoms. The normalized spacial score (nSPS) is 20.4. The summed E-state index contributed by atoms with van der Waals surface area (Å²) in [5, 5.41) is 10.4. The molecule has 0 aromatic heterocycles. The van der Waals surface area contributed by atoms with E-state index in [0.717, 1.165) is 35.7 Å². The van der Waals surface area contributed by atoms with Gasteiger partial charge < -0.3 is 9.84 Å². The quantitative estimate of drug-likeness (QED) is 0.924. The molecule has 1 fully saturated rings. The third-order valence-corrected chi connectivity index (χ3v) is 4.61. The van der Waals surface area contributed by atoms with Gasteiger partial charge in [-0.15, -0.1) is 0 Å². The van der Waals surface area contributed by atoms with Gasteiger partial charge in [0.05, 0.1) is 11.7 Å². The average Bonchev–Trinajstić information content (AvgIpc) is 2.82. The van der Waals surface area contributed by atoms with Crippen LogP contribution >= 0.6 is 15.9 Å². The zero-order valence-corrected chi connectivity index (χ0v) is 11.7. The van der Waals surface area contributed by atoms with Gasteiger partial charge >= 0.3 is 0 Å². The average molecular weight is 299 g/mol. The van der Waals surface area contributed by atoms with Crippen LogP contribution in [-0.2, 0) is 11.2 Å². The maximum absolute atomic E-state index is 10.4. The lowest BCUT2D eigenvalue weighted by Crippen LogP contribution is -2.42. The van der Waals surface area contributed by atoms with Gasteiger partial charge in [0.1, 0.15) is 0 Å². The minimum absolute atomic E-state index is 0.324. The summed E-state index contributed by atoms with van der Waals surface area (Å²) in [7, 11) is 1.72. The Morgan fingerprint density at radius 2 is 2.00 bits per heavy atom. The molecule has 1 N–H and O–H groups in total. The van der Waals surface area contributed by atoms with Crippen LogP contribution in [0.1, 0.15) is 31.2 Å². The molecular formula is C14H19BrO2. The zero-order valence-electron chi connectivity index (χ0n) is 10.2. The van der Waals surface area contributed by atoms with Gasteiger partial charge in [-0.05, 0) is 24.5 Å². The van der Waals surface area contributed by atoms with Crippen LogP contribution in [0, 0.1) is 0 Å². The fraction of sp³-hybridized carbons (Fsp3) is 0.571. The van der Waals surface area contributed by atoms with E-state index in [1.807, 2.05) is 24.3 Å². The van der Waals surface area contributed by atoms with Crippen LogP contribution < -0.4 is 0 Å². The van der Waals surface area contributed by atoms with E-state index in [0.29, 0.717) is 6.42 Å². The van der Waals surface area contributed by atoms with Gasteiger partial charge in [-0.2, -0.15) is 0 Å². The molecule has 1 atom stereocenters. The van der Waals surface area contributed by atoms with E-state index in [1.165, 1.54) is 0 Å². The SMILES string of the molecule is COC1(C(O)Cc2ccccc2Br)CCCC1. The minimum atomic E-state index is -0.423. The Bertz CT molecular complexity index is 372. The van der Waals surface area contributed by atoms with Gasteiger partial charge in [-0.1, -0.05) is 47.0 Å². The van der Waals surface area contributed by atoms with Crippen LogP contribution in [0.5, 0.6) is 0 Å². The van der Waals surface area contributed by atoms with Gasteiger partial charge in [0, 0.05) is 18.0 Å². The van der Waals surface area contributed by atoms with Crippen LogP contribution in [0.15, 0.2) is 28.7 Å². The number of hydrogen-bond acceptors (Lipinski definition) is 2.